The molecule has 3 nitrogen and oxygen atoms in total. The molecule has 1 aromatic rings. The van der Waals surface area contributed by atoms with Gasteiger partial charge in [-0.15, -0.1) is 0 Å². The first kappa shape index (κ1) is 11.0. The van der Waals surface area contributed by atoms with Crippen LogP contribution in [0.2, 0.25) is 0 Å². The molecule has 4 heteroatoms. The Morgan fingerprint density at radius 1 is 1.57 bits per heavy atom. The van der Waals surface area contributed by atoms with Crippen LogP contribution < -0.4 is 11.1 Å². The van der Waals surface area contributed by atoms with E-state index in [1.54, 1.807) is 18.2 Å². The lowest BCUT2D eigenvalue weighted by Crippen LogP contribution is -2.23. The number of anilines is 1. The number of nitrogens with one attached hydrogen (secondary N) is 1. The van der Waals surface area contributed by atoms with Gasteiger partial charge in [0.15, 0.2) is 0 Å². The first-order chi connectivity index (χ1) is 6.65. The van der Waals surface area contributed by atoms with Crippen molar-refractivity contribution in [2.75, 3.05) is 12.3 Å². The lowest BCUT2D eigenvalue weighted by atomic mass is 10.2. The van der Waals surface area contributed by atoms with Crippen LogP contribution in [0.25, 0.3) is 0 Å². The maximum Gasteiger partial charge on any atom is 0.251 e. The minimum atomic E-state index is -0.0625. The fraction of sp³-hybridized carbons (Fsp3) is 0.300. The van der Waals surface area contributed by atoms with Gasteiger partial charge in [-0.05, 0) is 40.5 Å². The second kappa shape index (κ2) is 5.00. The van der Waals surface area contributed by atoms with Gasteiger partial charge in [0.05, 0.1) is 0 Å². The molecule has 0 bridgehead atoms. The smallest absolute Gasteiger partial charge is 0.251 e. The van der Waals surface area contributed by atoms with Gasteiger partial charge in [-0.25, -0.2) is 0 Å². The number of carbonyl (C=O) groups excluding carboxylic acids is 1. The molecule has 0 fully saturated rings. The molecule has 76 valence electrons. The van der Waals surface area contributed by atoms with Crippen LogP contribution >= 0.6 is 15.9 Å². The van der Waals surface area contributed by atoms with E-state index in [0.717, 1.165) is 10.9 Å². The molecular weight excluding hydrogens is 244 g/mol. The van der Waals surface area contributed by atoms with Crippen molar-refractivity contribution in [2.24, 2.45) is 0 Å². The van der Waals surface area contributed by atoms with Gasteiger partial charge in [-0.3, -0.25) is 4.79 Å². The van der Waals surface area contributed by atoms with Crippen molar-refractivity contribution in [2.45, 2.75) is 13.3 Å². The number of carbonyl (C=O) groups is 1. The summed E-state index contributed by atoms with van der Waals surface area (Å²) in [5, 5.41) is 2.79. The van der Waals surface area contributed by atoms with E-state index in [2.05, 4.69) is 21.2 Å². The second-order valence-corrected chi connectivity index (χ2v) is 3.85. The van der Waals surface area contributed by atoms with Crippen LogP contribution in [0.1, 0.15) is 23.7 Å². The zero-order valence-electron chi connectivity index (χ0n) is 8.01. The number of rotatable bonds is 3. The van der Waals surface area contributed by atoms with E-state index in [1.807, 2.05) is 6.92 Å². The zero-order valence-corrected chi connectivity index (χ0v) is 9.60. The third-order valence-corrected chi connectivity index (χ3v) is 2.48. The van der Waals surface area contributed by atoms with Gasteiger partial charge in [0.25, 0.3) is 5.91 Å². The number of nitrogens with two attached hydrogens (primary N) is 1. The number of hydrogen-bond acceptors (Lipinski definition) is 2. The van der Waals surface area contributed by atoms with Gasteiger partial charge < -0.3 is 11.1 Å². The predicted molar refractivity (Wildman–Crippen MR) is 61.2 cm³/mol. The third-order valence-electron chi connectivity index (χ3n) is 1.80. The van der Waals surface area contributed by atoms with Crippen molar-refractivity contribution < 1.29 is 4.79 Å². The maximum atomic E-state index is 11.5. The summed E-state index contributed by atoms with van der Waals surface area (Å²) in [5.74, 6) is -0.0625. The molecule has 0 spiro atoms. The zero-order chi connectivity index (χ0) is 10.6. The standard InChI is InChI=1S/C10H13BrN2O/c1-2-5-13-10(14)7-3-4-9(12)8(11)6-7/h3-4,6H,2,5,12H2,1H3,(H,13,14). The molecular formula is C10H13BrN2O. The van der Waals surface area contributed by atoms with Crippen LogP contribution in [-0.2, 0) is 0 Å². The minimum absolute atomic E-state index is 0.0625. The summed E-state index contributed by atoms with van der Waals surface area (Å²) < 4.78 is 0.752. The average molecular weight is 257 g/mol. The van der Waals surface area contributed by atoms with Crippen molar-refractivity contribution in [3.05, 3.63) is 28.2 Å². The van der Waals surface area contributed by atoms with Crippen LogP contribution in [0.3, 0.4) is 0 Å². The number of hydrogen-bond donors (Lipinski definition) is 2. The van der Waals surface area contributed by atoms with E-state index in [4.69, 9.17) is 5.73 Å². The van der Waals surface area contributed by atoms with E-state index in [9.17, 15) is 4.79 Å². The summed E-state index contributed by atoms with van der Waals surface area (Å²) >= 11 is 3.28. The summed E-state index contributed by atoms with van der Waals surface area (Å²) in [6, 6.07) is 5.15. The first-order valence-corrected chi connectivity index (χ1v) is 5.27. The van der Waals surface area contributed by atoms with Crippen molar-refractivity contribution in [1.29, 1.82) is 0 Å². The summed E-state index contributed by atoms with van der Waals surface area (Å²) in [5.41, 5.74) is 6.87. The van der Waals surface area contributed by atoms with E-state index in [-0.39, 0.29) is 5.91 Å². The number of nitrogen functional groups attached to an aromatic ring is 1. The molecule has 0 unspecified atom stereocenters. The van der Waals surface area contributed by atoms with Gasteiger partial charge in [-0.2, -0.15) is 0 Å². The minimum Gasteiger partial charge on any atom is -0.398 e. The van der Waals surface area contributed by atoms with E-state index < -0.39 is 0 Å². The van der Waals surface area contributed by atoms with Crippen LogP contribution in [-0.4, -0.2) is 12.5 Å². The molecule has 0 radical (unpaired) electrons. The van der Waals surface area contributed by atoms with E-state index in [0.29, 0.717) is 17.8 Å². The summed E-state index contributed by atoms with van der Waals surface area (Å²) in [6.07, 6.45) is 0.932. The molecule has 0 heterocycles. The van der Waals surface area contributed by atoms with Gasteiger partial charge in [0.2, 0.25) is 0 Å². The molecule has 3 N–H and O–H groups in total. The van der Waals surface area contributed by atoms with Crippen molar-refractivity contribution in [1.82, 2.24) is 5.32 Å². The molecule has 0 saturated heterocycles. The van der Waals surface area contributed by atoms with Gasteiger partial charge in [0, 0.05) is 22.3 Å². The Kier molecular flexibility index (Phi) is 3.95. The molecule has 0 aromatic heterocycles. The largest absolute Gasteiger partial charge is 0.398 e. The normalized spacial score (nSPS) is 9.86. The second-order valence-electron chi connectivity index (χ2n) is 2.99. The van der Waals surface area contributed by atoms with E-state index >= 15 is 0 Å². The monoisotopic (exact) mass is 256 g/mol. The summed E-state index contributed by atoms with van der Waals surface area (Å²) in [4.78, 5) is 11.5. The quantitative estimate of drug-likeness (QED) is 0.815. The molecule has 1 rings (SSSR count). The Morgan fingerprint density at radius 2 is 2.29 bits per heavy atom. The first-order valence-electron chi connectivity index (χ1n) is 4.48. The van der Waals surface area contributed by atoms with Crippen LogP contribution in [0.5, 0.6) is 0 Å². The summed E-state index contributed by atoms with van der Waals surface area (Å²) in [7, 11) is 0. The van der Waals surface area contributed by atoms with E-state index in [1.165, 1.54) is 0 Å². The Labute approximate surface area is 91.8 Å². The third kappa shape index (κ3) is 2.73. The van der Waals surface area contributed by atoms with Crippen molar-refractivity contribution in [3.63, 3.8) is 0 Å². The SMILES string of the molecule is CCCNC(=O)c1ccc(N)c(Br)c1. The molecule has 0 aliphatic carbocycles. The highest BCUT2D eigenvalue weighted by Gasteiger charge is 2.05. The van der Waals surface area contributed by atoms with Crippen LogP contribution in [0, 0.1) is 0 Å². The molecule has 0 aliphatic heterocycles. The molecule has 0 atom stereocenters. The summed E-state index contributed by atoms with van der Waals surface area (Å²) in [6.45, 7) is 2.71. The topological polar surface area (TPSA) is 55.1 Å². The number of amides is 1. The Hall–Kier alpha value is -1.03. The number of benzene rings is 1. The van der Waals surface area contributed by atoms with Gasteiger partial charge in [-0.1, -0.05) is 6.92 Å². The lowest BCUT2D eigenvalue weighted by Gasteiger charge is -2.04. The average Bonchev–Trinajstić information content (AvgIpc) is 2.18. The van der Waals surface area contributed by atoms with Crippen molar-refractivity contribution >= 4 is 27.5 Å². The van der Waals surface area contributed by atoms with Crippen LogP contribution in [0.4, 0.5) is 5.69 Å². The van der Waals surface area contributed by atoms with Crippen LogP contribution in [0.15, 0.2) is 22.7 Å². The highest BCUT2D eigenvalue weighted by atomic mass is 79.9. The predicted octanol–water partition coefficient (Wildman–Crippen LogP) is 2.17. The lowest BCUT2D eigenvalue weighted by molar-refractivity contribution is 0.0953. The number of halogens is 1. The fourth-order valence-corrected chi connectivity index (χ4v) is 1.39. The highest BCUT2D eigenvalue weighted by Crippen LogP contribution is 2.20. The Bertz CT molecular complexity index is 339. The maximum absolute atomic E-state index is 11.5. The van der Waals surface area contributed by atoms with Gasteiger partial charge >= 0.3 is 0 Å². The molecule has 14 heavy (non-hydrogen) atoms. The Balaban J connectivity index is 2.76. The molecule has 1 amide bonds. The molecule has 1 aromatic carbocycles. The molecule has 0 saturated carbocycles. The Morgan fingerprint density at radius 3 is 2.86 bits per heavy atom. The van der Waals surface area contributed by atoms with Gasteiger partial charge in [0.1, 0.15) is 0 Å². The fourth-order valence-electron chi connectivity index (χ4n) is 1.01. The molecule has 0 aliphatic rings. The highest BCUT2D eigenvalue weighted by molar-refractivity contribution is 9.10. The van der Waals surface area contributed by atoms with Crippen molar-refractivity contribution in [3.8, 4) is 0 Å².